The molecule has 6 heteroatoms. The fourth-order valence-electron chi connectivity index (χ4n) is 2.43. The smallest absolute Gasteiger partial charge is 0.227 e. The van der Waals surface area contributed by atoms with Gasteiger partial charge in [-0.2, -0.15) is 4.98 Å². The van der Waals surface area contributed by atoms with Gasteiger partial charge in [0.2, 0.25) is 17.6 Å². The molecule has 0 fully saturated rings. The van der Waals surface area contributed by atoms with Gasteiger partial charge in [0.15, 0.2) is 0 Å². The molecule has 2 aromatic carbocycles. The van der Waals surface area contributed by atoms with Gasteiger partial charge < -0.3 is 9.84 Å². The number of nitrogens with zero attached hydrogens (tertiary/aromatic N) is 2. The summed E-state index contributed by atoms with van der Waals surface area (Å²) in [6, 6.07) is 16.9. The van der Waals surface area contributed by atoms with Gasteiger partial charge in [-0.1, -0.05) is 59.2 Å². The van der Waals surface area contributed by atoms with E-state index in [1.165, 1.54) is 0 Å². The summed E-state index contributed by atoms with van der Waals surface area (Å²) in [6.07, 6.45) is 0.688. The lowest BCUT2D eigenvalue weighted by Crippen LogP contribution is -2.26. The van der Waals surface area contributed by atoms with Crippen LogP contribution in [0.3, 0.4) is 0 Å². The predicted octanol–water partition coefficient (Wildman–Crippen LogP) is 4.20. The van der Waals surface area contributed by atoms with Crippen molar-refractivity contribution in [3.05, 3.63) is 71.1 Å². The van der Waals surface area contributed by atoms with E-state index in [-0.39, 0.29) is 18.4 Å². The van der Waals surface area contributed by atoms with Gasteiger partial charge in [0, 0.05) is 23.4 Å². The molecule has 0 saturated heterocycles. The highest BCUT2D eigenvalue weighted by atomic mass is 35.5. The number of rotatable bonds is 6. The van der Waals surface area contributed by atoms with Crippen molar-refractivity contribution in [1.82, 2.24) is 15.5 Å². The normalized spacial score (nSPS) is 11.9. The number of hydrogen-bond acceptors (Lipinski definition) is 4. The largest absolute Gasteiger partial charge is 0.350 e. The van der Waals surface area contributed by atoms with Gasteiger partial charge in [-0.25, -0.2) is 0 Å². The van der Waals surface area contributed by atoms with Crippen molar-refractivity contribution in [3.63, 3.8) is 0 Å². The van der Waals surface area contributed by atoms with Crippen molar-refractivity contribution < 1.29 is 9.32 Å². The number of hydrogen-bond donors (Lipinski definition) is 1. The highest BCUT2D eigenvalue weighted by Crippen LogP contribution is 2.17. The SMILES string of the molecule is C[C@@H](NC(=O)CCc1nc(-c2ccccc2)no1)c1ccc(Cl)cc1. The Labute approximate surface area is 151 Å². The molecule has 0 unspecified atom stereocenters. The second-order valence-electron chi connectivity index (χ2n) is 5.72. The lowest BCUT2D eigenvalue weighted by molar-refractivity contribution is -0.121. The summed E-state index contributed by atoms with van der Waals surface area (Å²) >= 11 is 5.88. The Morgan fingerprint density at radius 2 is 1.88 bits per heavy atom. The third-order valence-corrected chi connectivity index (χ3v) is 4.07. The Hall–Kier alpha value is -2.66. The first-order chi connectivity index (χ1) is 12.1. The molecule has 0 saturated carbocycles. The average molecular weight is 356 g/mol. The molecule has 0 bridgehead atoms. The average Bonchev–Trinajstić information content (AvgIpc) is 3.10. The molecule has 1 amide bonds. The van der Waals surface area contributed by atoms with Gasteiger partial charge in [0.25, 0.3) is 0 Å². The topological polar surface area (TPSA) is 68.0 Å². The van der Waals surface area contributed by atoms with Crippen LogP contribution >= 0.6 is 11.6 Å². The summed E-state index contributed by atoms with van der Waals surface area (Å²) in [6.45, 7) is 1.93. The zero-order valence-corrected chi connectivity index (χ0v) is 14.5. The molecule has 1 atom stereocenters. The molecule has 5 nitrogen and oxygen atoms in total. The van der Waals surface area contributed by atoms with Crippen LogP contribution in [-0.2, 0) is 11.2 Å². The summed E-state index contributed by atoms with van der Waals surface area (Å²) in [7, 11) is 0. The van der Waals surface area contributed by atoms with Gasteiger partial charge in [-0.15, -0.1) is 0 Å². The molecule has 1 N–H and O–H groups in total. The second kappa shape index (κ2) is 7.94. The molecule has 0 radical (unpaired) electrons. The van der Waals surface area contributed by atoms with Crippen LogP contribution in [0.2, 0.25) is 5.02 Å². The van der Waals surface area contributed by atoms with E-state index in [0.717, 1.165) is 11.1 Å². The van der Waals surface area contributed by atoms with Gasteiger partial charge in [0.1, 0.15) is 0 Å². The number of carbonyl (C=O) groups is 1. The molecule has 3 aromatic rings. The van der Waals surface area contributed by atoms with Crippen molar-refractivity contribution in [2.45, 2.75) is 25.8 Å². The fraction of sp³-hybridized carbons (Fsp3) is 0.211. The number of nitrogens with one attached hydrogen (secondary N) is 1. The second-order valence-corrected chi connectivity index (χ2v) is 6.15. The van der Waals surface area contributed by atoms with E-state index in [2.05, 4.69) is 15.5 Å². The predicted molar refractivity (Wildman–Crippen MR) is 96.1 cm³/mol. The van der Waals surface area contributed by atoms with Crippen LogP contribution in [-0.4, -0.2) is 16.0 Å². The lowest BCUT2D eigenvalue weighted by Gasteiger charge is -2.14. The third-order valence-electron chi connectivity index (χ3n) is 3.81. The third kappa shape index (κ3) is 4.67. The van der Waals surface area contributed by atoms with Gasteiger partial charge in [-0.05, 0) is 24.6 Å². The highest BCUT2D eigenvalue weighted by molar-refractivity contribution is 6.30. The van der Waals surface area contributed by atoms with Crippen molar-refractivity contribution in [3.8, 4) is 11.4 Å². The monoisotopic (exact) mass is 355 g/mol. The molecule has 0 aliphatic rings. The lowest BCUT2D eigenvalue weighted by atomic mass is 10.1. The Morgan fingerprint density at radius 3 is 2.60 bits per heavy atom. The first-order valence-corrected chi connectivity index (χ1v) is 8.42. The number of carbonyl (C=O) groups excluding carboxylic acids is 1. The molecule has 1 heterocycles. The molecular formula is C19H18ClN3O2. The Balaban J connectivity index is 1.52. The van der Waals surface area contributed by atoms with Crippen LogP contribution in [0.1, 0.15) is 30.8 Å². The minimum absolute atomic E-state index is 0.0677. The fourth-order valence-corrected chi connectivity index (χ4v) is 2.56. The summed E-state index contributed by atoms with van der Waals surface area (Å²) in [5.41, 5.74) is 1.89. The minimum atomic E-state index is -0.0904. The van der Waals surface area contributed by atoms with E-state index < -0.39 is 0 Å². The number of halogens is 1. The number of aryl methyl sites for hydroxylation is 1. The quantitative estimate of drug-likeness (QED) is 0.719. The first kappa shape index (κ1) is 17.2. The zero-order chi connectivity index (χ0) is 17.6. The van der Waals surface area contributed by atoms with Crippen molar-refractivity contribution in [2.24, 2.45) is 0 Å². The van der Waals surface area contributed by atoms with Crippen molar-refractivity contribution in [2.75, 3.05) is 0 Å². The summed E-state index contributed by atoms with van der Waals surface area (Å²) in [5, 5.41) is 7.58. The van der Waals surface area contributed by atoms with E-state index >= 15 is 0 Å². The molecule has 0 aliphatic carbocycles. The Kier molecular flexibility index (Phi) is 5.46. The number of aromatic nitrogens is 2. The number of benzene rings is 2. The maximum atomic E-state index is 12.1. The van der Waals surface area contributed by atoms with E-state index in [4.69, 9.17) is 16.1 Å². The van der Waals surface area contributed by atoms with Crippen LogP contribution < -0.4 is 5.32 Å². The standard InChI is InChI=1S/C19H18ClN3O2/c1-13(14-7-9-16(20)10-8-14)21-17(24)11-12-18-22-19(23-25-18)15-5-3-2-4-6-15/h2-10,13H,11-12H2,1H3,(H,21,24)/t13-/m1/s1. The van der Waals surface area contributed by atoms with E-state index in [0.29, 0.717) is 23.2 Å². The van der Waals surface area contributed by atoms with Crippen molar-refractivity contribution >= 4 is 17.5 Å². The summed E-state index contributed by atoms with van der Waals surface area (Å²) in [4.78, 5) is 16.4. The molecule has 128 valence electrons. The Bertz CT molecular complexity index is 831. The number of amides is 1. The molecule has 0 aliphatic heterocycles. The zero-order valence-electron chi connectivity index (χ0n) is 13.8. The van der Waals surface area contributed by atoms with Gasteiger partial charge >= 0.3 is 0 Å². The summed E-state index contributed by atoms with van der Waals surface area (Å²) in [5.74, 6) is 0.917. The molecule has 1 aromatic heterocycles. The highest BCUT2D eigenvalue weighted by Gasteiger charge is 2.13. The van der Waals surface area contributed by atoms with E-state index in [1.54, 1.807) is 0 Å². The van der Waals surface area contributed by atoms with Crippen LogP contribution in [0.5, 0.6) is 0 Å². The first-order valence-electron chi connectivity index (χ1n) is 8.04. The van der Waals surface area contributed by atoms with Crippen LogP contribution in [0.4, 0.5) is 0 Å². The van der Waals surface area contributed by atoms with Crippen LogP contribution in [0, 0.1) is 0 Å². The van der Waals surface area contributed by atoms with E-state index in [1.807, 2.05) is 61.5 Å². The van der Waals surface area contributed by atoms with Crippen LogP contribution in [0.25, 0.3) is 11.4 Å². The van der Waals surface area contributed by atoms with Crippen molar-refractivity contribution in [1.29, 1.82) is 0 Å². The molecular weight excluding hydrogens is 338 g/mol. The Morgan fingerprint density at radius 1 is 1.16 bits per heavy atom. The molecule has 0 spiro atoms. The van der Waals surface area contributed by atoms with Crippen LogP contribution in [0.15, 0.2) is 59.1 Å². The molecule has 3 rings (SSSR count). The summed E-state index contributed by atoms with van der Waals surface area (Å²) < 4.78 is 5.22. The van der Waals surface area contributed by atoms with E-state index in [9.17, 15) is 4.79 Å². The van der Waals surface area contributed by atoms with Gasteiger partial charge in [-0.3, -0.25) is 4.79 Å². The maximum absolute atomic E-state index is 12.1. The maximum Gasteiger partial charge on any atom is 0.227 e. The molecule has 25 heavy (non-hydrogen) atoms. The van der Waals surface area contributed by atoms with Gasteiger partial charge in [0.05, 0.1) is 6.04 Å². The minimum Gasteiger partial charge on any atom is -0.350 e.